The van der Waals surface area contributed by atoms with E-state index in [1.807, 2.05) is 42.5 Å². The molecule has 0 saturated carbocycles. The van der Waals surface area contributed by atoms with E-state index < -0.39 is 0 Å². The molecular formula is C18H19N3O2. The van der Waals surface area contributed by atoms with Gasteiger partial charge >= 0.3 is 0 Å². The van der Waals surface area contributed by atoms with Gasteiger partial charge in [0, 0.05) is 12.1 Å². The first-order chi connectivity index (χ1) is 11.2. The summed E-state index contributed by atoms with van der Waals surface area (Å²) in [4.78, 5) is 19.9. The van der Waals surface area contributed by atoms with Crippen molar-refractivity contribution >= 4 is 22.6 Å². The molecule has 0 radical (unpaired) electrons. The zero-order valence-electron chi connectivity index (χ0n) is 13.2. The fourth-order valence-corrected chi connectivity index (χ4v) is 2.45. The van der Waals surface area contributed by atoms with Crippen LogP contribution in [0, 0.1) is 0 Å². The second kappa shape index (κ2) is 6.52. The maximum Gasteiger partial charge on any atom is 0.228 e. The van der Waals surface area contributed by atoms with Gasteiger partial charge in [-0.15, -0.1) is 0 Å². The number of aromatic amines is 1. The number of ether oxygens (including phenoxy) is 1. The van der Waals surface area contributed by atoms with Gasteiger partial charge in [0.05, 0.1) is 24.6 Å². The Morgan fingerprint density at radius 3 is 2.70 bits per heavy atom. The average Bonchev–Trinajstić information content (AvgIpc) is 2.98. The van der Waals surface area contributed by atoms with Crippen LogP contribution >= 0.6 is 0 Å². The molecule has 0 aliphatic heterocycles. The molecule has 118 valence electrons. The van der Waals surface area contributed by atoms with Crippen LogP contribution in [0.5, 0.6) is 5.75 Å². The van der Waals surface area contributed by atoms with Crippen LogP contribution in [-0.4, -0.2) is 23.0 Å². The minimum absolute atomic E-state index is 0.0512. The van der Waals surface area contributed by atoms with Crippen molar-refractivity contribution in [1.82, 2.24) is 9.97 Å². The number of anilines is 1. The molecule has 3 aromatic rings. The number of nitrogens with zero attached hydrogens (tertiary/aromatic N) is 1. The number of imidazole rings is 1. The molecule has 0 fully saturated rings. The Morgan fingerprint density at radius 1 is 1.22 bits per heavy atom. The van der Waals surface area contributed by atoms with Gasteiger partial charge in [-0.25, -0.2) is 4.98 Å². The molecule has 23 heavy (non-hydrogen) atoms. The molecule has 2 aromatic carbocycles. The summed E-state index contributed by atoms with van der Waals surface area (Å²) in [6, 6.07) is 13.1. The van der Waals surface area contributed by atoms with Crippen LogP contribution in [-0.2, 0) is 17.6 Å². The van der Waals surface area contributed by atoms with Crippen molar-refractivity contribution in [2.45, 2.75) is 19.8 Å². The summed E-state index contributed by atoms with van der Waals surface area (Å²) in [6.45, 7) is 2.06. The van der Waals surface area contributed by atoms with Crippen LogP contribution in [0.3, 0.4) is 0 Å². The normalized spacial score (nSPS) is 10.7. The second-order valence-electron chi connectivity index (χ2n) is 5.34. The van der Waals surface area contributed by atoms with Crippen molar-refractivity contribution in [1.29, 1.82) is 0 Å². The number of amides is 1. The number of hydrogen-bond donors (Lipinski definition) is 2. The lowest BCUT2D eigenvalue weighted by Gasteiger charge is -2.06. The highest BCUT2D eigenvalue weighted by atomic mass is 16.5. The van der Waals surface area contributed by atoms with E-state index in [9.17, 15) is 4.79 Å². The summed E-state index contributed by atoms with van der Waals surface area (Å²) in [5, 5.41) is 2.89. The molecule has 0 spiro atoms. The Hall–Kier alpha value is -2.82. The molecule has 0 saturated heterocycles. The standard InChI is InChI=1S/C18H19N3O2/c1-3-17-20-15-9-4-12(10-16(15)21-17)11-18(22)19-13-5-7-14(23-2)8-6-13/h4-10H,3,11H2,1-2H3,(H,19,22)(H,20,21). The lowest BCUT2D eigenvalue weighted by molar-refractivity contribution is -0.115. The van der Waals surface area contributed by atoms with E-state index in [1.54, 1.807) is 7.11 Å². The SMILES string of the molecule is CCc1nc2ccc(CC(=O)Nc3ccc(OC)cc3)cc2[nH]1. The Bertz CT molecular complexity index is 822. The number of carbonyl (C=O) groups is 1. The maximum atomic E-state index is 12.2. The fraction of sp³-hybridized carbons (Fsp3) is 0.222. The maximum absolute atomic E-state index is 12.2. The van der Waals surface area contributed by atoms with E-state index in [0.29, 0.717) is 6.42 Å². The highest BCUT2D eigenvalue weighted by Crippen LogP contribution is 2.17. The first-order valence-electron chi connectivity index (χ1n) is 7.59. The summed E-state index contributed by atoms with van der Waals surface area (Å²) >= 11 is 0. The molecule has 0 aliphatic rings. The zero-order chi connectivity index (χ0) is 16.2. The zero-order valence-corrected chi connectivity index (χ0v) is 13.2. The lowest BCUT2D eigenvalue weighted by Crippen LogP contribution is -2.14. The summed E-state index contributed by atoms with van der Waals surface area (Å²) in [5.74, 6) is 1.67. The molecule has 0 aliphatic carbocycles. The van der Waals surface area contributed by atoms with Crippen molar-refractivity contribution in [3.8, 4) is 5.75 Å². The van der Waals surface area contributed by atoms with Crippen molar-refractivity contribution in [2.75, 3.05) is 12.4 Å². The van der Waals surface area contributed by atoms with E-state index in [0.717, 1.165) is 40.3 Å². The third-order valence-electron chi connectivity index (χ3n) is 3.67. The lowest BCUT2D eigenvalue weighted by atomic mass is 10.1. The fourth-order valence-electron chi connectivity index (χ4n) is 2.45. The molecular weight excluding hydrogens is 290 g/mol. The van der Waals surface area contributed by atoms with Crippen LogP contribution in [0.4, 0.5) is 5.69 Å². The molecule has 1 amide bonds. The van der Waals surface area contributed by atoms with Crippen LogP contribution in [0.25, 0.3) is 11.0 Å². The average molecular weight is 309 g/mol. The third-order valence-corrected chi connectivity index (χ3v) is 3.67. The molecule has 5 nitrogen and oxygen atoms in total. The van der Waals surface area contributed by atoms with Gasteiger partial charge in [-0.3, -0.25) is 4.79 Å². The second-order valence-corrected chi connectivity index (χ2v) is 5.34. The third kappa shape index (κ3) is 3.51. The van der Waals surface area contributed by atoms with E-state index >= 15 is 0 Å². The number of benzene rings is 2. The minimum Gasteiger partial charge on any atom is -0.497 e. The number of nitrogens with one attached hydrogen (secondary N) is 2. The van der Waals surface area contributed by atoms with Gasteiger partial charge in [0.1, 0.15) is 11.6 Å². The number of aryl methyl sites for hydroxylation is 1. The Kier molecular flexibility index (Phi) is 4.28. The van der Waals surface area contributed by atoms with E-state index in [1.165, 1.54) is 0 Å². The Balaban J connectivity index is 1.69. The monoisotopic (exact) mass is 309 g/mol. The number of aromatic nitrogens is 2. The van der Waals surface area contributed by atoms with Crippen LogP contribution in [0.15, 0.2) is 42.5 Å². The van der Waals surface area contributed by atoms with Gasteiger partial charge in [-0.2, -0.15) is 0 Å². The van der Waals surface area contributed by atoms with Crippen molar-refractivity contribution < 1.29 is 9.53 Å². The largest absolute Gasteiger partial charge is 0.497 e. The van der Waals surface area contributed by atoms with Crippen molar-refractivity contribution in [2.24, 2.45) is 0 Å². The molecule has 3 rings (SSSR count). The van der Waals surface area contributed by atoms with Gasteiger partial charge in [0.2, 0.25) is 5.91 Å². The minimum atomic E-state index is -0.0512. The van der Waals surface area contributed by atoms with Gasteiger partial charge in [0.15, 0.2) is 0 Å². The first kappa shape index (κ1) is 15.1. The van der Waals surface area contributed by atoms with Gasteiger partial charge in [-0.1, -0.05) is 13.0 Å². The highest BCUT2D eigenvalue weighted by molar-refractivity contribution is 5.92. The number of methoxy groups -OCH3 is 1. The quantitative estimate of drug-likeness (QED) is 0.760. The number of carbonyl (C=O) groups excluding carboxylic acids is 1. The molecule has 0 bridgehead atoms. The van der Waals surface area contributed by atoms with Crippen molar-refractivity contribution in [3.05, 3.63) is 53.9 Å². The molecule has 5 heteroatoms. The van der Waals surface area contributed by atoms with Crippen LogP contribution in [0.1, 0.15) is 18.3 Å². The number of rotatable bonds is 5. The smallest absolute Gasteiger partial charge is 0.228 e. The van der Waals surface area contributed by atoms with E-state index in [4.69, 9.17) is 4.74 Å². The summed E-state index contributed by atoms with van der Waals surface area (Å²) in [7, 11) is 1.61. The predicted molar refractivity (Wildman–Crippen MR) is 90.8 cm³/mol. The summed E-state index contributed by atoms with van der Waals surface area (Å²) in [5.41, 5.74) is 3.61. The predicted octanol–water partition coefficient (Wildman–Crippen LogP) is 3.32. The van der Waals surface area contributed by atoms with Gasteiger partial charge in [0.25, 0.3) is 0 Å². The molecule has 1 heterocycles. The molecule has 2 N–H and O–H groups in total. The summed E-state index contributed by atoms with van der Waals surface area (Å²) in [6.07, 6.45) is 1.18. The van der Waals surface area contributed by atoms with Crippen LogP contribution in [0.2, 0.25) is 0 Å². The number of hydrogen-bond acceptors (Lipinski definition) is 3. The van der Waals surface area contributed by atoms with E-state index in [2.05, 4.69) is 22.2 Å². The summed E-state index contributed by atoms with van der Waals surface area (Å²) < 4.78 is 5.10. The first-order valence-corrected chi connectivity index (χ1v) is 7.59. The van der Waals surface area contributed by atoms with Crippen LogP contribution < -0.4 is 10.1 Å². The highest BCUT2D eigenvalue weighted by Gasteiger charge is 2.07. The number of H-pyrrole nitrogens is 1. The molecule has 0 atom stereocenters. The topological polar surface area (TPSA) is 67.0 Å². The molecule has 0 unspecified atom stereocenters. The van der Waals surface area contributed by atoms with Crippen molar-refractivity contribution in [3.63, 3.8) is 0 Å². The van der Waals surface area contributed by atoms with E-state index in [-0.39, 0.29) is 5.91 Å². The Morgan fingerprint density at radius 2 is 2.00 bits per heavy atom. The molecule has 1 aromatic heterocycles. The Labute approximate surface area is 134 Å². The number of fused-ring (bicyclic) bond motifs is 1. The van der Waals surface area contributed by atoms with Gasteiger partial charge < -0.3 is 15.0 Å². The van der Waals surface area contributed by atoms with Gasteiger partial charge in [-0.05, 0) is 42.0 Å².